The summed E-state index contributed by atoms with van der Waals surface area (Å²) < 4.78 is 1.06. The molecule has 108 valence electrons. The number of carbonyl (C=O) groups excluding carboxylic acids is 1. The largest absolute Gasteiger partial charge is 0.335 e. The predicted octanol–water partition coefficient (Wildman–Crippen LogP) is 3.20. The summed E-state index contributed by atoms with van der Waals surface area (Å²) in [7, 11) is 1.75. The third-order valence-corrected chi connectivity index (χ3v) is 4.33. The van der Waals surface area contributed by atoms with E-state index in [1.165, 1.54) is 0 Å². The highest BCUT2D eigenvalue weighted by Crippen LogP contribution is 2.22. The second-order valence-corrected chi connectivity index (χ2v) is 7.97. The molecule has 0 aliphatic carbocycles. The van der Waals surface area contributed by atoms with Crippen LogP contribution in [-0.4, -0.2) is 33.0 Å². The fourth-order valence-corrected chi connectivity index (χ4v) is 2.84. The lowest BCUT2D eigenvalue weighted by molar-refractivity contribution is 0.0773. The van der Waals surface area contributed by atoms with Crippen LogP contribution in [0.5, 0.6) is 0 Å². The van der Waals surface area contributed by atoms with Gasteiger partial charge in [0.05, 0.1) is 3.79 Å². The first-order valence-electron chi connectivity index (χ1n) is 6.18. The standard InChI is InChI=1S/C13H17BrN4OS/c1-13(2,3)12-15-10(16-17-12)11(19)18(4)6-8-5-9(14)20-7-8/h5,7H,6H2,1-4H3,(H,15,16,17). The first-order valence-corrected chi connectivity index (χ1v) is 7.86. The minimum absolute atomic E-state index is 0.150. The minimum atomic E-state index is -0.181. The van der Waals surface area contributed by atoms with Gasteiger partial charge in [-0.15, -0.1) is 16.4 Å². The molecule has 5 nitrogen and oxygen atoms in total. The van der Waals surface area contributed by atoms with Crippen LogP contribution >= 0.6 is 27.3 Å². The fraction of sp³-hybridized carbons (Fsp3) is 0.462. The molecule has 0 aliphatic rings. The summed E-state index contributed by atoms with van der Waals surface area (Å²) in [6.45, 7) is 6.61. The number of thiophene rings is 1. The zero-order chi connectivity index (χ0) is 14.9. The van der Waals surface area contributed by atoms with Crippen LogP contribution in [0.4, 0.5) is 0 Å². The Bertz CT molecular complexity index is 614. The normalized spacial score (nSPS) is 11.7. The molecule has 0 bridgehead atoms. The van der Waals surface area contributed by atoms with Gasteiger partial charge in [0.1, 0.15) is 5.82 Å². The molecule has 2 heterocycles. The Balaban J connectivity index is 2.09. The van der Waals surface area contributed by atoms with Crippen LogP contribution in [0.3, 0.4) is 0 Å². The van der Waals surface area contributed by atoms with E-state index >= 15 is 0 Å². The number of hydrogen-bond acceptors (Lipinski definition) is 4. The molecule has 0 saturated carbocycles. The number of aromatic nitrogens is 3. The van der Waals surface area contributed by atoms with Crippen molar-refractivity contribution in [2.75, 3.05) is 7.05 Å². The van der Waals surface area contributed by atoms with Crippen molar-refractivity contribution in [2.24, 2.45) is 0 Å². The zero-order valence-electron chi connectivity index (χ0n) is 11.9. The van der Waals surface area contributed by atoms with E-state index in [-0.39, 0.29) is 17.1 Å². The van der Waals surface area contributed by atoms with Crippen molar-refractivity contribution in [1.29, 1.82) is 0 Å². The summed E-state index contributed by atoms with van der Waals surface area (Å²) in [6.07, 6.45) is 0. The van der Waals surface area contributed by atoms with Crippen molar-refractivity contribution in [3.63, 3.8) is 0 Å². The second kappa shape index (κ2) is 5.65. The number of nitrogens with zero attached hydrogens (tertiary/aromatic N) is 3. The number of aromatic amines is 1. The van der Waals surface area contributed by atoms with Crippen LogP contribution in [-0.2, 0) is 12.0 Å². The Morgan fingerprint density at radius 1 is 1.50 bits per heavy atom. The Morgan fingerprint density at radius 2 is 2.20 bits per heavy atom. The number of H-pyrrole nitrogens is 1. The topological polar surface area (TPSA) is 61.9 Å². The monoisotopic (exact) mass is 356 g/mol. The molecule has 0 spiro atoms. The van der Waals surface area contributed by atoms with Gasteiger partial charge in [-0.05, 0) is 32.9 Å². The Morgan fingerprint density at radius 3 is 2.70 bits per heavy atom. The van der Waals surface area contributed by atoms with Gasteiger partial charge in [0.2, 0.25) is 5.82 Å². The van der Waals surface area contributed by atoms with Gasteiger partial charge in [-0.25, -0.2) is 4.98 Å². The number of nitrogens with one attached hydrogen (secondary N) is 1. The van der Waals surface area contributed by atoms with Gasteiger partial charge in [0.15, 0.2) is 0 Å². The van der Waals surface area contributed by atoms with Crippen LogP contribution in [0.2, 0.25) is 0 Å². The molecule has 0 radical (unpaired) electrons. The molecule has 1 amide bonds. The van der Waals surface area contributed by atoms with Crippen LogP contribution < -0.4 is 0 Å². The Hall–Kier alpha value is -1.21. The molecule has 0 unspecified atom stereocenters. The van der Waals surface area contributed by atoms with Crippen LogP contribution in [0.1, 0.15) is 42.8 Å². The fourth-order valence-electron chi connectivity index (χ4n) is 1.64. The van der Waals surface area contributed by atoms with E-state index < -0.39 is 0 Å². The van der Waals surface area contributed by atoms with E-state index in [0.29, 0.717) is 12.4 Å². The third-order valence-electron chi connectivity index (χ3n) is 2.78. The smallest absolute Gasteiger partial charge is 0.293 e. The number of carbonyl (C=O) groups is 1. The lowest BCUT2D eigenvalue weighted by Gasteiger charge is -2.15. The lowest BCUT2D eigenvalue weighted by atomic mass is 9.96. The van der Waals surface area contributed by atoms with E-state index in [1.807, 2.05) is 32.2 Å². The van der Waals surface area contributed by atoms with Crippen molar-refractivity contribution in [2.45, 2.75) is 32.7 Å². The number of hydrogen-bond donors (Lipinski definition) is 1. The van der Waals surface area contributed by atoms with E-state index in [0.717, 1.165) is 9.35 Å². The quantitative estimate of drug-likeness (QED) is 0.918. The SMILES string of the molecule is CN(Cc1csc(Br)c1)C(=O)c1n[nH]c(C(C)(C)C)n1. The Kier molecular flexibility index (Phi) is 4.29. The number of rotatable bonds is 3. The summed E-state index contributed by atoms with van der Waals surface area (Å²) in [5.41, 5.74) is 0.937. The van der Waals surface area contributed by atoms with Gasteiger partial charge >= 0.3 is 0 Å². The molecule has 0 aliphatic heterocycles. The highest BCUT2D eigenvalue weighted by atomic mass is 79.9. The van der Waals surface area contributed by atoms with Crippen molar-refractivity contribution in [1.82, 2.24) is 20.1 Å². The van der Waals surface area contributed by atoms with Gasteiger partial charge in [-0.3, -0.25) is 9.89 Å². The van der Waals surface area contributed by atoms with Crippen LogP contribution in [0.25, 0.3) is 0 Å². The van der Waals surface area contributed by atoms with Crippen LogP contribution in [0.15, 0.2) is 15.2 Å². The highest BCUT2D eigenvalue weighted by molar-refractivity contribution is 9.11. The summed E-state index contributed by atoms with van der Waals surface area (Å²) in [4.78, 5) is 18.2. The van der Waals surface area contributed by atoms with Crippen molar-refractivity contribution < 1.29 is 4.79 Å². The first-order chi connectivity index (χ1) is 9.27. The molecular formula is C13H17BrN4OS. The highest BCUT2D eigenvalue weighted by Gasteiger charge is 2.23. The summed E-state index contributed by atoms with van der Waals surface area (Å²) in [5, 5.41) is 8.87. The molecular weight excluding hydrogens is 340 g/mol. The average molecular weight is 357 g/mol. The second-order valence-electron chi connectivity index (χ2n) is 5.68. The van der Waals surface area contributed by atoms with Gasteiger partial charge in [-0.1, -0.05) is 20.8 Å². The third kappa shape index (κ3) is 3.46. The molecule has 2 rings (SSSR count). The summed E-state index contributed by atoms with van der Waals surface area (Å²) in [6, 6.07) is 2.01. The Labute approximate surface area is 130 Å². The maximum Gasteiger partial charge on any atom is 0.293 e. The van der Waals surface area contributed by atoms with Crippen molar-refractivity contribution in [3.8, 4) is 0 Å². The lowest BCUT2D eigenvalue weighted by Crippen LogP contribution is -2.27. The van der Waals surface area contributed by atoms with E-state index in [2.05, 4.69) is 31.1 Å². The van der Waals surface area contributed by atoms with Crippen molar-refractivity contribution in [3.05, 3.63) is 32.4 Å². The molecule has 0 atom stereocenters. The summed E-state index contributed by atoms with van der Waals surface area (Å²) in [5.74, 6) is 0.748. The van der Waals surface area contributed by atoms with Gasteiger partial charge in [0.25, 0.3) is 5.91 Å². The maximum absolute atomic E-state index is 12.3. The molecule has 7 heteroatoms. The van der Waals surface area contributed by atoms with Crippen LogP contribution in [0, 0.1) is 0 Å². The molecule has 1 N–H and O–H groups in total. The minimum Gasteiger partial charge on any atom is -0.335 e. The van der Waals surface area contributed by atoms with E-state index in [4.69, 9.17) is 0 Å². The predicted molar refractivity (Wildman–Crippen MR) is 82.9 cm³/mol. The maximum atomic E-state index is 12.3. The molecule has 0 fully saturated rings. The zero-order valence-corrected chi connectivity index (χ0v) is 14.3. The molecule has 2 aromatic rings. The van der Waals surface area contributed by atoms with E-state index in [9.17, 15) is 4.79 Å². The molecule has 0 aromatic carbocycles. The number of halogens is 1. The van der Waals surface area contributed by atoms with Gasteiger partial charge in [0, 0.05) is 19.0 Å². The molecule has 0 saturated heterocycles. The van der Waals surface area contributed by atoms with Gasteiger partial charge < -0.3 is 4.90 Å². The number of amides is 1. The van der Waals surface area contributed by atoms with Gasteiger partial charge in [-0.2, -0.15) is 0 Å². The summed E-state index contributed by atoms with van der Waals surface area (Å²) >= 11 is 5.02. The van der Waals surface area contributed by atoms with Crippen molar-refractivity contribution >= 4 is 33.2 Å². The molecule has 2 aromatic heterocycles. The van der Waals surface area contributed by atoms with E-state index in [1.54, 1.807) is 23.3 Å². The first kappa shape index (κ1) is 15.2. The molecule has 20 heavy (non-hydrogen) atoms. The average Bonchev–Trinajstić information content (AvgIpc) is 2.96.